The van der Waals surface area contributed by atoms with E-state index in [0.717, 1.165) is 6.26 Å². The molecule has 1 rings (SSSR count). The number of carboxylic acids is 1. The van der Waals surface area contributed by atoms with Crippen molar-refractivity contribution in [3.8, 4) is 0 Å². The molecule has 1 heterocycles. The molecule has 1 aromatic heterocycles. The van der Waals surface area contributed by atoms with Crippen LogP contribution in [-0.4, -0.2) is 23.5 Å². The molecule has 0 aliphatic rings. The Morgan fingerprint density at radius 2 is 2.17 bits per heavy atom. The summed E-state index contributed by atoms with van der Waals surface area (Å²) in [5.41, 5.74) is -0.247. The van der Waals surface area contributed by atoms with Crippen LogP contribution >= 0.6 is 0 Å². The average Bonchev–Trinajstić information content (AvgIpc) is 2.34. The highest BCUT2D eigenvalue weighted by Gasteiger charge is 2.10. The first kappa shape index (κ1) is 14.0. The maximum atomic E-state index is 11.5. The lowest BCUT2D eigenvalue weighted by Crippen LogP contribution is -2.25. The second-order valence-corrected chi connectivity index (χ2v) is 3.98. The van der Waals surface area contributed by atoms with Crippen LogP contribution in [0.4, 0.5) is 0 Å². The van der Waals surface area contributed by atoms with Gasteiger partial charge in [-0.3, -0.25) is 9.59 Å². The molecule has 1 aromatic rings. The van der Waals surface area contributed by atoms with Gasteiger partial charge in [0.2, 0.25) is 0 Å². The number of carboxylic acid groups (broad SMARTS) is 1. The third-order valence-electron chi connectivity index (χ3n) is 2.48. The second-order valence-electron chi connectivity index (χ2n) is 3.98. The molecule has 6 heteroatoms. The number of carbonyl (C=O) groups excluding carboxylic acids is 1. The fourth-order valence-electron chi connectivity index (χ4n) is 1.32. The fourth-order valence-corrected chi connectivity index (χ4v) is 1.32. The van der Waals surface area contributed by atoms with E-state index in [4.69, 9.17) is 5.11 Å². The first-order valence-corrected chi connectivity index (χ1v) is 5.60. The van der Waals surface area contributed by atoms with Crippen LogP contribution in [0.2, 0.25) is 0 Å². The lowest BCUT2D eigenvalue weighted by atomic mass is 10.1. The molecule has 0 saturated carbocycles. The molecular formula is C12H15NO5. The van der Waals surface area contributed by atoms with Crippen molar-refractivity contribution in [3.05, 3.63) is 34.4 Å². The summed E-state index contributed by atoms with van der Waals surface area (Å²) >= 11 is 0. The molecule has 0 spiro atoms. The summed E-state index contributed by atoms with van der Waals surface area (Å²) in [6, 6.07) is 2.54. The Hall–Kier alpha value is -2.11. The van der Waals surface area contributed by atoms with Crippen LogP contribution in [0.1, 0.15) is 30.1 Å². The molecule has 0 aromatic carbocycles. The summed E-state index contributed by atoms with van der Waals surface area (Å²) in [5, 5.41) is 11.3. The molecule has 1 unspecified atom stereocenters. The molecular weight excluding hydrogens is 238 g/mol. The molecule has 1 amide bonds. The largest absolute Gasteiger partial charge is 0.481 e. The zero-order valence-electron chi connectivity index (χ0n) is 10.0. The van der Waals surface area contributed by atoms with Crippen molar-refractivity contribution in [1.82, 2.24) is 5.32 Å². The van der Waals surface area contributed by atoms with E-state index in [0.29, 0.717) is 19.4 Å². The Bertz CT molecular complexity index is 459. The minimum atomic E-state index is -0.842. The van der Waals surface area contributed by atoms with Crippen LogP contribution in [0.25, 0.3) is 0 Å². The second kappa shape index (κ2) is 6.58. The molecule has 98 valence electrons. The minimum absolute atomic E-state index is 0.265. The SMILES string of the molecule is CC(CCCNC(=O)c1ccc(=O)oc1)C(=O)O. The molecule has 0 bridgehead atoms. The van der Waals surface area contributed by atoms with Crippen LogP contribution in [0.15, 0.2) is 27.6 Å². The third kappa shape index (κ3) is 4.40. The number of nitrogens with one attached hydrogen (secondary N) is 1. The van der Waals surface area contributed by atoms with E-state index < -0.39 is 17.5 Å². The van der Waals surface area contributed by atoms with Gasteiger partial charge < -0.3 is 14.8 Å². The van der Waals surface area contributed by atoms with E-state index in [2.05, 4.69) is 9.73 Å². The van der Waals surface area contributed by atoms with Crippen LogP contribution in [0.3, 0.4) is 0 Å². The highest BCUT2D eigenvalue weighted by atomic mass is 16.4. The van der Waals surface area contributed by atoms with Gasteiger partial charge in [0.1, 0.15) is 6.26 Å². The molecule has 18 heavy (non-hydrogen) atoms. The van der Waals surface area contributed by atoms with Gasteiger partial charge in [0.15, 0.2) is 0 Å². The van der Waals surface area contributed by atoms with E-state index in [1.165, 1.54) is 12.1 Å². The van der Waals surface area contributed by atoms with Gasteiger partial charge in [-0.2, -0.15) is 0 Å². The summed E-state index contributed by atoms with van der Waals surface area (Å²) in [6.45, 7) is 2.01. The van der Waals surface area contributed by atoms with E-state index >= 15 is 0 Å². The number of hydrogen-bond donors (Lipinski definition) is 2. The van der Waals surface area contributed by atoms with Crippen LogP contribution < -0.4 is 10.9 Å². The Kier molecular flexibility index (Phi) is 5.10. The third-order valence-corrected chi connectivity index (χ3v) is 2.48. The van der Waals surface area contributed by atoms with Crippen molar-refractivity contribution in [2.45, 2.75) is 19.8 Å². The Labute approximate surface area is 104 Å². The lowest BCUT2D eigenvalue weighted by Gasteiger charge is -2.07. The lowest BCUT2D eigenvalue weighted by molar-refractivity contribution is -0.141. The van der Waals surface area contributed by atoms with Gasteiger partial charge in [-0.05, 0) is 18.9 Å². The number of rotatable bonds is 6. The van der Waals surface area contributed by atoms with Gasteiger partial charge in [-0.15, -0.1) is 0 Å². The first-order valence-electron chi connectivity index (χ1n) is 5.60. The van der Waals surface area contributed by atoms with Crippen molar-refractivity contribution in [1.29, 1.82) is 0 Å². The zero-order chi connectivity index (χ0) is 13.5. The smallest absolute Gasteiger partial charge is 0.335 e. The van der Waals surface area contributed by atoms with E-state index in [9.17, 15) is 14.4 Å². The number of carbonyl (C=O) groups is 2. The maximum Gasteiger partial charge on any atom is 0.335 e. The van der Waals surface area contributed by atoms with Gasteiger partial charge in [-0.1, -0.05) is 6.92 Å². The highest BCUT2D eigenvalue weighted by molar-refractivity contribution is 5.93. The fraction of sp³-hybridized carbons (Fsp3) is 0.417. The molecule has 2 N–H and O–H groups in total. The molecule has 0 aliphatic heterocycles. The predicted octanol–water partition coefficient (Wildman–Crippen LogP) is 0.871. The van der Waals surface area contributed by atoms with Crippen LogP contribution in [-0.2, 0) is 4.79 Å². The summed E-state index contributed by atoms with van der Waals surface area (Å²) in [7, 11) is 0. The van der Waals surface area contributed by atoms with Gasteiger partial charge in [-0.25, -0.2) is 4.79 Å². The van der Waals surface area contributed by atoms with E-state index in [1.807, 2.05) is 0 Å². The van der Waals surface area contributed by atoms with Gasteiger partial charge in [0.05, 0.1) is 11.5 Å². The predicted molar refractivity (Wildman–Crippen MR) is 63.3 cm³/mol. The highest BCUT2D eigenvalue weighted by Crippen LogP contribution is 2.04. The standard InChI is InChI=1S/C12H15NO5/c1-8(12(16)17)3-2-6-13-11(15)9-4-5-10(14)18-7-9/h4-5,7-8H,2-3,6H2,1H3,(H,13,15)(H,16,17). The van der Waals surface area contributed by atoms with Gasteiger partial charge >= 0.3 is 11.6 Å². The van der Waals surface area contributed by atoms with E-state index in [-0.39, 0.29) is 11.5 Å². The summed E-state index contributed by atoms with van der Waals surface area (Å²) in [4.78, 5) is 32.8. The van der Waals surface area contributed by atoms with Crippen LogP contribution in [0, 0.1) is 5.92 Å². The first-order chi connectivity index (χ1) is 8.50. The quantitative estimate of drug-likeness (QED) is 0.733. The summed E-state index contributed by atoms with van der Waals surface area (Å²) < 4.78 is 4.56. The molecule has 1 atom stereocenters. The molecule has 0 radical (unpaired) electrons. The van der Waals surface area contributed by atoms with Crippen molar-refractivity contribution in [3.63, 3.8) is 0 Å². The number of aliphatic carboxylic acids is 1. The average molecular weight is 253 g/mol. The topological polar surface area (TPSA) is 96.6 Å². The minimum Gasteiger partial charge on any atom is -0.481 e. The van der Waals surface area contributed by atoms with E-state index in [1.54, 1.807) is 6.92 Å². The Balaban J connectivity index is 2.32. The summed E-state index contributed by atoms with van der Waals surface area (Å²) in [6.07, 6.45) is 2.17. The summed E-state index contributed by atoms with van der Waals surface area (Å²) in [5.74, 6) is -1.61. The van der Waals surface area contributed by atoms with Crippen LogP contribution in [0.5, 0.6) is 0 Å². The number of hydrogen-bond acceptors (Lipinski definition) is 4. The van der Waals surface area contributed by atoms with Crippen molar-refractivity contribution in [2.24, 2.45) is 5.92 Å². The Morgan fingerprint density at radius 3 is 2.72 bits per heavy atom. The molecule has 0 fully saturated rings. The zero-order valence-corrected chi connectivity index (χ0v) is 10.0. The van der Waals surface area contributed by atoms with Crippen molar-refractivity contribution < 1.29 is 19.1 Å². The van der Waals surface area contributed by atoms with Gasteiger partial charge in [0.25, 0.3) is 5.91 Å². The maximum absolute atomic E-state index is 11.5. The monoisotopic (exact) mass is 253 g/mol. The molecule has 6 nitrogen and oxygen atoms in total. The molecule has 0 saturated heterocycles. The molecule has 0 aliphatic carbocycles. The number of amides is 1. The van der Waals surface area contributed by atoms with Crippen molar-refractivity contribution >= 4 is 11.9 Å². The Morgan fingerprint density at radius 1 is 1.44 bits per heavy atom. The van der Waals surface area contributed by atoms with Gasteiger partial charge in [0, 0.05) is 12.6 Å². The normalized spacial score (nSPS) is 11.8. The van der Waals surface area contributed by atoms with Crippen molar-refractivity contribution in [2.75, 3.05) is 6.54 Å².